The van der Waals surface area contributed by atoms with Gasteiger partial charge in [0.05, 0.1) is 20.8 Å². The largest absolute Gasteiger partial charge is 0.279 e. The molecular weight excluding hydrogens is 488 g/mol. The summed E-state index contributed by atoms with van der Waals surface area (Å²) >= 11 is 24.3. The molecule has 2 aromatic carbocycles. The number of halogens is 5. The molecule has 0 saturated carbocycles. The summed E-state index contributed by atoms with van der Waals surface area (Å²) in [7, 11) is -3.93. The third kappa shape index (κ3) is 4.06. The average Bonchev–Trinajstić information content (AvgIpc) is 2.31. The molecule has 1 N–H and O–H groups in total. The summed E-state index contributed by atoms with van der Waals surface area (Å²) in [5, 5.41) is 0.415. The fraction of sp³-hybridized carbons (Fsp3) is 0. The molecule has 0 radical (unpaired) electrons. The molecule has 0 unspecified atom stereocenters. The standard InChI is InChI=1S/C12H6Br2Cl3NO2S/c13-6-3-10(16)12(11(17)4-6)21(19,20)18-7-1-2-8(14)9(15)5-7/h1-5,18H. The van der Waals surface area contributed by atoms with Gasteiger partial charge in [-0.2, -0.15) is 0 Å². The highest BCUT2D eigenvalue weighted by Gasteiger charge is 2.22. The second-order valence-corrected chi connectivity index (χ2v) is 8.54. The minimum atomic E-state index is -3.93. The molecular formula is C12H6Br2Cl3NO2S. The first-order valence-corrected chi connectivity index (χ1v) is 9.53. The van der Waals surface area contributed by atoms with Gasteiger partial charge in [-0.05, 0) is 46.3 Å². The molecule has 3 nitrogen and oxygen atoms in total. The Labute approximate surface area is 153 Å². The fourth-order valence-corrected chi connectivity index (χ4v) is 4.97. The number of sulfonamides is 1. The lowest BCUT2D eigenvalue weighted by atomic mass is 10.3. The van der Waals surface area contributed by atoms with Gasteiger partial charge in [-0.3, -0.25) is 4.72 Å². The van der Waals surface area contributed by atoms with Gasteiger partial charge in [0.15, 0.2) is 0 Å². The summed E-state index contributed by atoms with van der Waals surface area (Å²) < 4.78 is 28.4. The third-order valence-corrected chi connectivity index (χ3v) is 6.40. The van der Waals surface area contributed by atoms with Crippen molar-refractivity contribution in [3.8, 4) is 0 Å². The van der Waals surface area contributed by atoms with E-state index in [4.69, 9.17) is 34.8 Å². The molecule has 2 aromatic rings. The lowest BCUT2D eigenvalue weighted by Crippen LogP contribution is -2.14. The Kier molecular flexibility index (Phi) is 5.50. The predicted molar refractivity (Wildman–Crippen MR) is 94.1 cm³/mol. The SMILES string of the molecule is O=S(=O)(Nc1ccc(Br)c(Cl)c1)c1c(Cl)cc(Br)cc1Cl. The summed E-state index contributed by atoms with van der Waals surface area (Å²) in [5.41, 5.74) is 0.304. The van der Waals surface area contributed by atoms with Gasteiger partial charge in [0, 0.05) is 8.95 Å². The Morgan fingerprint density at radius 2 is 1.48 bits per heavy atom. The molecule has 112 valence electrons. The summed E-state index contributed by atoms with van der Waals surface area (Å²) in [6, 6.07) is 7.58. The lowest BCUT2D eigenvalue weighted by Gasteiger charge is -2.12. The molecule has 0 aliphatic carbocycles. The van der Waals surface area contributed by atoms with Gasteiger partial charge < -0.3 is 0 Å². The van der Waals surface area contributed by atoms with Gasteiger partial charge >= 0.3 is 0 Å². The zero-order valence-corrected chi connectivity index (χ0v) is 16.3. The normalized spacial score (nSPS) is 11.5. The van der Waals surface area contributed by atoms with Gasteiger partial charge in [-0.15, -0.1) is 0 Å². The van der Waals surface area contributed by atoms with Crippen molar-refractivity contribution in [1.82, 2.24) is 0 Å². The van der Waals surface area contributed by atoms with E-state index in [1.54, 1.807) is 12.1 Å². The van der Waals surface area contributed by atoms with Gasteiger partial charge in [-0.25, -0.2) is 8.42 Å². The highest BCUT2D eigenvalue weighted by atomic mass is 79.9. The summed E-state index contributed by atoms with van der Waals surface area (Å²) in [5.74, 6) is 0. The van der Waals surface area contributed by atoms with Crippen molar-refractivity contribution in [2.75, 3.05) is 4.72 Å². The summed E-state index contributed by atoms with van der Waals surface area (Å²) in [6.45, 7) is 0. The molecule has 0 amide bonds. The smallest absolute Gasteiger partial charge is 0.264 e. The molecule has 0 spiro atoms. The van der Waals surface area contributed by atoms with E-state index in [2.05, 4.69) is 36.6 Å². The molecule has 0 aromatic heterocycles. The maximum atomic E-state index is 12.4. The highest BCUT2D eigenvalue weighted by Crippen LogP contribution is 2.34. The molecule has 21 heavy (non-hydrogen) atoms. The van der Waals surface area contributed by atoms with Crippen molar-refractivity contribution >= 4 is 82.4 Å². The lowest BCUT2D eigenvalue weighted by molar-refractivity contribution is 0.601. The second kappa shape index (κ2) is 6.64. The Balaban J connectivity index is 2.46. The van der Waals surface area contributed by atoms with Gasteiger partial charge in [0.2, 0.25) is 0 Å². The van der Waals surface area contributed by atoms with Crippen LogP contribution in [0, 0.1) is 0 Å². The first-order valence-electron chi connectivity index (χ1n) is 5.33. The second-order valence-electron chi connectivity index (χ2n) is 3.93. The average molecular weight is 494 g/mol. The maximum Gasteiger partial charge on any atom is 0.264 e. The van der Waals surface area contributed by atoms with Crippen LogP contribution in [0.3, 0.4) is 0 Å². The van der Waals surface area contributed by atoms with Crippen LogP contribution in [0.25, 0.3) is 0 Å². The zero-order valence-electron chi connectivity index (χ0n) is 10.0. The fourth-order valence-electron chi connectivity index (χ4n) is 1.55. The van der Waals surface area contributed by atoms with E-state index in [0.717, 1.165) is 0 Å². The van der Waals surface area contributed by atoms with Crippen LogP contribution in [0.15, 0.2) is 44.2 Å². The van der Waals surface area contributed by atoms with Crippen LogP contribution in [-0.2, 0) is 10.0 Å². The molecule has 0 fully saturated rings. The summed E-state index contributed by atoms with van der Waals surface area (Å²) in [6.07, 6.45) is 0. The number of rotatable bonds is 3. The molecule has 0 aliphatic heterocycles. The molecule has 2 rings (SSSR count). The molecule has 0 bridgehead atoms. The van der Waals surface area contributed by atoms with Crippen molar-refractivity contribution in [2.45, 2.75) is 4.90 Å². The number of hydrogen-bond acceptors (Lipinski definition) is 2. The van der Waals surface area contributed by atoms with Crippen LogP contribution >= 0.6 is 66.7 Å². The van der Waals surface area contributed by atoms with Crippen LogP contribution in [0.5, 0.6) is 0 Å². The van der Waals surface area contributed by atoms with E-state index in [0.29, 0.717) is 19.7 Å². The van der Waals surface area contributed by atoms with Crippen LogP contribution in [0.1, 0.15) is 0 Å². The van der Waals surface area contributed by atoms with Crippen molar-refractivity contribution in [3.05, 3.63) is 54.3 Å². The number of benzene rings is 2. The van der Waals surface area contributed by atoms with Crippen LogP contribution in [0.2, 0.25) is 15.1 Å². The molecule has 0 aliphatic rings. The van der Waals surface area contributed by atoms with Crippen LogP contribution in [0.4, 0.5) is 5.69 Å². The number of nitrogens with one attached hydrogen (secondary N) is 1. The van der Waals surface area contributed by atoms with Gasteiger partial charge in [0.25, 0.3) is 10.0 Å². The summed E-state index contributed by atoms with van der Waals surface area (Å²) in [4.78, 5) is -0.187. The van der Waals surface area contributed by atoms with E-state index in [-0.39, 0.29) is 14.9 Å². The van der Waals surface area contributed by atoms with E-state index in [1.165, 1.54) is 18.2 Å². The van der Waals surface area contributed by atoms with Gasteiger partial charge in [0.1, 0.15) is 4.90 Å². The van der Waals surface area contributed by atoms with E-state index in [1.807, 2.05) is 0 Å². The predicted octanol–water partition coefficient (Wildman–Crippen LogP) is 5.97. The van der Waals surface area contributed by atoms with Gasteiger partial charge in [-0.1, -0.05) is 50.7 Å². The number of hydrogen-bond donors (Lipinski definition) is 1. The first kappa shape index (κ1) is 17.4. The van der Waals surface area contributed by atoms with E-state index >= 15 is 0 Å². The van der Waals surface area contributed by atoms with Crippen LogP contribution < -0.4 is 4.72 Å². The quantitative estimate of drug-likeness (QED) is 0.572. The Morgan fingerprint density at radius 3 is 2.00 bits per heavy atom. The monoisotopic (exact) mass is 491 g/mol. The van der Waals surface area contributed by atoms with Crippen molar-refractivity contribution < 1.29 is 8.42 Å². The Morgan fingerprint density at radius 1 is 0.905 bits per heavy atom. The molecule has 0 atom stereocenters. The minimum absolute atomic E-state index is 0.0186. The van der Waals surface area contributed by atoms with Crippen molar-refractivity contribution in [1.29, 1.82) is 0 Å². The van der Waals surface area contributed by atoms with E-state index in [9.17, 15) is 8.42 Å². The molecule has 0 heterocycles. The van der Waals surface area contributed by atoms with Crippen LogP contribution in [-0.4, -0.2) is 8.42 Å². The van der Waals surface area contributed by atoms with Crippen molar-refractivity contribution in [3.63, 3.8) is 0 Å². The molecule has 9 heteroatoms. The number of anilines is 1. The Bertz CT molecular complexity index is 789. The topological polar surface area (TPSA) is 46.2 Å². The molecule has 0 saturated heterocycles. The minimum Gasteiger partial charge on any atom is -0.279 e. The third-order valence-electron chi connectivity index (χ3n) is 2.40. The maximum absolute atomic E-state index is 12.4. The Hall–Kier alpha value is 0.0200. The van der Waals surface area contributed by atoms with Crippen molar-refractivity contribution in [2.24, 2.45) is 0 Å². The first-order chi connectivity index (χ1) is 9.70. The zero-order chi connectivity index (χ0) is 15.8. The van der Waals surface area contributed by atoms with E-state index < -0.39 is 10.0 Å². The highest BCUT2D eigenvalue weighted by molar-refractivity contribution is 9.10.